The largest absolute Gasteiger partial charge is 0.495 e. The van der Waals surface area contributed by atoms with E-state index >= 15 is 0 Å². The van der Waals surface area contributed by atoms with E-state index in [1.54, 1.807) is 13.3 Å². The lowest BCUT2D eigenvalue weighted by Crippen LogP contribution is -2.31. The third-order valence-corrected chi connectivity index (χ3v) is 3.57. The number of nitrogens with zero attached hydrogens (tertiary/aromatic N) is 1. The number of nitrogens with one attached hydrogen (secondary N) is 1. The van der Waals surface area contributed by atoms with Gasteiger partial charge in [0, 0.05) is 18.2 Å². The summed E-state index contributed by atoms with van der Waals surface area (Å²) in [5.41, 5.74) is 1.32. The normalized spacial score (nSPS) is 23.9. The lowest BCUT2D eigenvalue weighted by molar-refractivity contribution is 0.410. The fourth-order valence-electron chi connectivity index (χ4n) is 2.68. The number of hydrogen-bond acceptors (Lipinski definition) is 3. The molecule has 0 aromatic carbocycles. The van der Waals surface area contributed by atoms with Crippen molar-refractivity contribution in [2.75, 3.05) is 13.7 Å². The van der Waals surface area contributed by atoms with E-state index in [4.69, 9.17) is 4.74 Å². The van der Waals surface area contributed by atoms with E-state index in [1.165, 1.54) is 31.2 Å². The van der Waals surface area contributed by atoms with Crippen LogP contribution in [0.2, 0.25) is 0 Å². The Morgan fingerprint density at radius 3 is 3.06 bits per heavy atom. The zero-order valence-corrected chi connectivity index (χ0v) is 10.8. The fraction of sp³-hybridized carbons (Fsp3) is 0.643. The monoisotopic (exact) mass is 234 g/mol. The summed E-state index contributed by atoms with van der Waals surface area (Å²) in [6, 6.07) is 2.74. The summed E-state index contributed by atoms with van der Waals surface area (Å²) < 4.78 is 5.25. The van der Waals surface area contributed by atoms with Gasteiger partial charge in [0.1, 0.15) is 5.75 Å². The number of rotatable bonds is 5. The molecule has 0 amide bonds. The Bertz CT molecular complexity index is 354. The van der Waals surface area contributed by atoms with Gasteiger partial charge in [0.05, 0.1) is 13.3 Å². The Morgan fingerprint density at radius 2 is 2.29 bits per heavy atom. The molecule has 1 saturated carbocycles. The molecule has 3 heteroatoms. The number of ether oxygens (including phenoxy) is 1. The maximum absolute atomic E-state index is 5.25. The van der Waals surface area contributed by atoms with Gasteiger partial charge in [0.25, 0.3) is 0 Å². The molecule has 3 nitrogen and oxygen atoms in total. The summed E-state index contributed by atoms with van der Waals surface area (Å²) in [5, 5.41) is 3.65. The minimum Gasteiger partial charge on any atom is -0.495 e. The van der Waals surface area contributed by atoms with Gasteiger partial charge in [0.15, 0.2) is 0 Å². The Balaban J connectivity index is 2.08. The van der Waals surface area contributed by atoms with Gasteiger partial charge < -0.3 is 10.1 Å². The second kappa shape index (κ2) is 6.01. The average Bonchev–Trinajstić information content (AvgIpc) is 2.84. The smallest absolute Gasteiger partial charge is 0.137 e. The van der Waals surface area contributed by atoms with Gasteiger partial charge in [0.2, 0.25) is 0 Å². The van der Waals surface area contributed by atoms with Gasteiger partial charge in [-0.2, -0.15) is 0 Å². The van der Waals surface area contributed by atoms with Crippen LogP contribution in [0.15, 0.2) is 18.5 Å². The van der Waals surface area contributed by atoms with Crippen molar-refractivity contribution >= 4 is 0 Å². The standard InChI is InChI=1S/C14H22N2O/c1-3-7-16-14-6-4-5-13(14)11-8-12(17-2)10-15-9-11/h8-10,13-14,16H,3-7H2,1-2H3. The summed E-state index contributed by atoms with van der Waals surface area (Å²) in [6.45, 7) is 3.32. The molecule has 0 spiro atoms. The van der Waals surface area contributed by atoms with Crippen molar-refractivity contribution < 1.29 is 4.74 Å². The van der Waals surface area contributed by atoms with Crippen LogP contribution in [0, 0.1) is 0 Å². The molecule has 2 rings (SSSR count). The highest BCUT2D eigenvalue weighted by atomic mass is 16.5. The van der Waals surface area contributed by atoms with E-state index in [9.17, 15) is 0 Å². The predicted octanol–water partition coefficient (Wildman–Crippen LogP) is 2.73. The first-order valence-corrected chi connectivity index (χ1v) is 6.57. The lowest BCUT2D eigenvalue weighted by Gasteiger charge is -2.21. The highest BCUT2D eigenvalue weighted by Gasteiger charge is 2.28. The van der Waals surface area contributed by atoms with Crippen LogP contribution >= 0.6 is 0 Å². The molecule has 94 valence electrons. The van der Waals surface area contributed by atoms with Crippen LogP contribution < -0.4 is 10.1 Å². The molecule has 0 aliphatic heterocycles. The Kier molecular flexibility index (Phi) is 4.37. The first kappa shape index (κ1) is 12.4. The molecule has 2 atom stereocenters. The van der Waals surface area contributed by atoms with Crippen molar-refractivity contribution in [3.8, 4) is 5.75 Å². The summed E-state index contributed by atoms with van der Waals surface area (Å²) in [6.07, 6.45) is 8.80. The molecule has 0 radical (unpaired) electrons. The third-order valence-electron chi connectivity index (χ3n) is 3.57. The van der Waals surface area contributed by atoms with E-state index in [-0.39, 0.29) is 0 Å². The van der Waals surface area contributed by atoms with Crippen molar-refractivity contribution in [3.63, 3.8) is 0 Å². The first-order valence-electron chi connectivity index (χ1n) is 6.57. The zero-order valence-electron chi connectivity index (χ0n) is 10.8. The van der Waals surface area contributed by atoms with Gasteiger partial charge in [-0.05, 0) is 37.4 Å². The molecule has 1 N–H and O–H groups in total. The predicted molar refractivity (Wildman–Crippen MR) is 69.5 cm³/mol. The number of hydrogen-bond donors (Lipinski definition) is 1. The molecule has 1 aromatic rings. The molecule has 17 heavy (non-hydrogen) atoms. The van der Waals surface area contributed by atoms with Gasteiger partial charge >= 0.3 is 0 Å². The van der Waals surface area contributed by atoms with Crippen molar-refractivity contribution in [3.05, 3.63) is 24.0 Å². The molecule has 1 heterocycles. The van der Waals surface area contributed by atoms with Crippen LogP contribution in [0.4, 0.5) is 0 Å². The van der Waals surface area contributed by atoms with Gasteiger partial charge in [-0.1, -0.05) is 13.3 Å². The van der Waals surface area contributed by atoms with E-state index in [1.807, 2.05) is 6.20 Å². The van der Waals surface area contributed by atoms with E-state index in [2.05, 4.69) is 23.3 Å². The first-order chi connectivity index (χ1) is 8.35. The van der Waals surface area contributed by atoms with E-state index in [0.29, 0.717) is 12.0 Å². The van der Waals surface area contributed by atoms with Crippen LogP contribution in [0.5, 0.6) is 5.75 Å². The fourth-order valence-corrected chi connectivity index (χ4v) is 2.68. The number of aromatic nitrogens is 1. The zero-order chi connectivity index (χ0) is 12.1. The minimum absolute atomic E-state index is 0.601. The van der Waals surface area contributed by atoms with Crippen molar-refractivity contribution in [1.82, 2.24) is 10.3 Å². The van der Waals surface area contributed by atoms with Crippen LogP contribution in [-0.2, 0) is 0 Å². The van der Waals surface area contributed by atoms with Crippen molar-refractivity contribution in [2.45, 2.75) is 44.6 Å². The van der Waals surface area contributed by atoms with Crippen molar-refractivity contribution in [2.24, 2.45) is 0 Å². The maximum atomic E-state index is 5.25. The maximum Gasteiger partial charge on any atom is 0.137 e. The van der Waals surface area contributed by atoms with Gasteiger partial charge in [-0.3, -0.25) is 4.98 Å². The topological polar surface area (TPSA) is 34.2 Å². The van der Waals surface area contributed by atoms with Crippen LogP contribution in [0.3, 0.4) is 0 Å². The highest BCUT2D eigenvalue weighted by Crippen LogP contribution is 2.35. The molecule has 0 saturated heterocycles. The molecular weight excluding hydrogens is 212 g/mol. The second-order valence-electron chi connectivity index (χ2n) is 4.76. The summed E-state index contributed by atoms with van der Waals surface area (Å²) in [5.74, 6) is 1.47. The summed E-state index contributed by atoms with van der Waals surface area (Å²) >= 11 is 0. The minimum atomic E-state index is 0.601. The SMILES string of the molecule is CCCNC1CCCC1c1cncc(OC)c1. The Hall–Kier alpha value is -1.09. The lowest BCUT2D eigenvalue weighted by atomic mass is 9.95. The summed E-state index contributed by atoms with van der Waals surface area (Å²) in [7, 11) is 1.70. The Morgan fingerprint density at radius 1 is 1.41 bits per heavy atom. The highest BCUT2D eigenvalue weighted by molar-refractivity contribution is 5.28. The van der Waals surface area contributed by atoms with Gasteiger partial charge in [-0.15, -0.1) is 0 Å². The average molecular weight is 234 g/mol. The van der Waals surface area contributed by atoms with Crippen LogP contribution in [-0.4, -0.2) is 24.7 Å². The molecular formula is C14H22N2O. The number of pyridine rings is 1. The molecule has 1 fully saturated rings. The molecule has 2 unspecified atom stereocenters. The van der Waals surface area contributed by atoms with Crippen LogP contribution in [0.1, 0.15) is 44.1 Å². The molecule has 0 bridgehead atoms. The Labute approximate surface area is 104 Å². The summed E-state index contributed by atoms with van der Waals surface area (Å²) in [4.78, 5) is 4.26. The van der Waals surface area contributed by atoms with E-state index < -0.39 is 0 Å². The van der Waals surface area contributed by atoms with Gasteiger partial charge in [-0.25, -0.2) is 0 Å². The second-order valence-corrected chi connectivity index (χ2v) is 4.76. The molecule has 1 aromatic heterocycles. The number of methoxy groups -OCH3 is 1. The molecule has 1 aliphatic rings. The third kappa shape index (κ3) is 2.97. The van der Waals surface area contributed by atoms with E-state index in [0.717, 1.165) is 12.3 Å². The molecule has 1 aliphatic carbocycles. The van der Waals surface area contributed by atoms with Crippen LogP contribution in [0.25, 0.3) is 0 Å². The quantitative estimate of drug-likeness (QED) is 0.850. The van der Waals surface area contributed by atoms with Crippen molar-refractivity contribution in [1.29, 1.82) is 0 Å².